The van der Waals surface area contributed by atoms with Crippen LogP contribution in [0.2, 0.25) is 0 Å². The Labute approximate surface area is 142 Å². The van der Waals surface area contributed by atoms with Crippen LogP contribution in [-0.4, -0.2) is 21.4 Å². The van der Waals surface area contributed by atoms with Crippen LogP contribution in [0.15, 0.2) is 53.3 Å². The molecule has 0 atom stereocenters. The van der Waals surface area contributed by atoms with E-state index < -0.39 is 11.8 Å². The smallest absolute Gasteiger partial charge is 0.288 e. The lowest BCUT2D eigenvalue weighted by Gasteiger charge is -2.06. The van der Waals surface area contributed by atoms with Crippen LogP contribution in [-0.2, 0) is 0 Å². The van der Waals surface area contributed by atoms with E-state index in [1.54, 1.807) is 48.1 Å². The van der Waals surface area contributed by atoms with E-state index in [1.165, 1.54) is 12.3 Å². The molecule has 2 N–H and O–H groups in total. The summed E-state index contributed by atoms with van der Waals surface area (Å²) in [5, 5.41) is 9.42. The second kappa shape index (κ2) is 6.72. The van der Waals surface area contributed by atoms with Gasteiger partial charge in [-0.05, 0) is 31.2 Å². The Morgan fingerprint density at radius 3 is 2.52 bits per heavy atom. The first-order valence-electron chi connectivity index (χ1n) is 7.30. The largest absolute Gasteiger partial charge is 0.443 e. The van der Waals surface area contributed by atoms with Gasteiger partial charge in [0.1, 0.15) is 28.7 Å². The number of furan rings is 1. The number of pyridine rings is 1. The van der Waals surface area contributed by atoms with Crippen molar-refractivity contribution < 1.29 is 14.0 Å². The van der Waals surface area contributed by atoms with Gasteiger partial charge in [-0.25, -0.2) is 0 Å². The van der Waals surface area contributed by atoms with Crippen LogP contribution in [0.4, 0.5) is 0 Å². The normalized spacial score (nSPS) is 10.1. The van der Waals surface area contributed by atoms with Crippen molar-refractivity contribution in [3.05, 3.63) is 71.5 Å². The first-order valence-corrected chi connectivity index (χ1v) is 7.30. The maximum Gasteiger partial charge on any atom is 0.288 e. The minimum Gasteiger partial charge on any atom is -0.443 e. The molecule has 0 saturated carbocycles. The van der Waals surface area contributed by atoms with Gasteiger partial charge in [-0.2, -0.15) is 5.26 Å². The molecule has 0 fully saturated rings. The number of hydrogen-bond donors (Lipinski definition) is 2. The van der Waals surface area contributed by atoms with Crippen LogP contribution in [0.3, 0.4) is 0 Å². The monoisotopic (exact) mass is 335 g/mol. The first kappa shape index (κ1) is 16.0. The van der Waals surface area contributed by atoms with Gasteiger partial charge < -0.3 is 4.42 Å². The van der Waals surface area contributed by atoms with E-state index in [9.17, 15) is 14.9 Å². The van der Waals surface area contributed by atoms with Crippen LogP contribution in [0.1, 0.15) is 32.2 Å². The van der Waals surface area contributed by atoms with Crippen molar-refractivity contribution in [2.45, 2.75) is 6.92 Å². The van der Waals surface area contributed by atoms with Gasteiger partial charge in [0.25, 0.3) is 11.8 Å². The summed E-state index contributed by atoms with van der Waals surface area (Å²) in [5.74, 6) is -0.712. The molecule has 2 amide bonds. The van der Waals surface area contributed by atoms with Crippen LogP contribution >= 0.6 is 0 Å². The zero-order chi connectivity index (χ0) is 17.8. The molecule has 0 aliphatic carbocycles. The summed E-state index contributed by atoms with van der Waals surface area (Å²) < 4.78 is 7.14. The number of hydrazine groups is 1. The Balaban J connectivity index is 1.81. The zero-order valence-corrected chi connectivity index (χ0v) is 13.2. The van der Waals surface area contributed by atoms with E-state index in [0.29, 0.717) is 0 Å². The third-order valence-corrected chi connectivity index (χ3v) is 3.43. The van der Waals surface area contributed by atoms with Gasteiger partial charge >= 0.3 is 0 Å². The molecule has 25 heavy (non-hydrogen) atoms. The number of nitrogens with zero attached hydrogens (tertiary/aromatic N) is 3. The zero-order valence-electron chi connectivity index (χ0n) is 13.2. The number of nitriles is 1. The van der Waals surface area contributed by atoms with Crippen molar-refractivity contribution >= 4 is 11.8 Å². The van der Waals surface area contributed by atoms with Gasteiger partial charge in [0.05, 0.1) is 0 Å². The molecule has 3 heterocycles. The number of carbonyl (C=O) groups is 2. The summed E-state index contributed by atoms with van der Waals surface area (Å²) >= 11 is 0. The molecular formula is C17H13N5O3. The lowest BCUT2D eigenvalue weighted by molar-refractivity contribution is 0.0843. The summed E-state index contributed by atoms with van der Waals surface area (Å²) in [6.07, 6.45) is 4.86. The van der Waals surface area contributed by atoms with Gasteiger partial charge in [0.15, 0.2) is 0 Å². The lowest BCUT2D eigenvalue weighted by Crippen LogP contribution is -2.42. The van der Waals surface area contributed by atoms with Crippen molar-refractivity contribution in [3.63, 3.8) is 0 Å². The van der Waals surface area contributed by atoms with Gasteiger partial charge in [-0.3, -0.25) is 30.0 Å². The lowest BCUT2D eigenvalue weighted by atomic mass is 10.1. The molecular weight excluding hydrogens is 322 g/mol. The number of aromatic nitrogens is 2. The quantitative estimate of drug-likeness (QED) is 0.708. The highest BCUT2D eigenvalue weighted by Crippen LogP contribution is 2.25. The average molecular weight is 335 g/mol. The predicted octanol–water partition coefficient (Wildman–Crippen LogP) is 1.72. The van der Waals surface area contributed by atoms with Gasteiger partial charge in [-0.1, -0.05) is 6.07 Å². The fourth-order valence-corrected chi connectivity index (χ4v) is 2.30. The molecule has 0 aliphatic heterocycles. The van der Waals surface area contributed by atoms with Crippen LogP contribution in [0.5, 0.6) is 0 Å². The van der Waals surface area contributed by atoms with Gasteiger partial charge in [-0.15, -0.1) is 0 Å². The van der Waals surface area contributed by atoms with E-state index in [1.807, 2.05) is 6.07 Å². The highest BCUT2D eigenvalue weighted by atomic mass is 16.4. The topological polar surface area (TPSA) is 113 Å². The maximum absolute atomic E-state index is 12.4. The van der Waals surface area contributed by atoms with E-state index in [2.05, 4.69) is 15.8 Å². The first-order chi connectivity index (χ1) is 12.1. The van der Waals surface area contributed by atoms with Crippen LogP contribution in [0, 0.1) is 18.3 Å². The second-order valence-electron chi connectivity index (χ2n) is 5.04. The fourth-order valence-electron chi connectivity index (χ4n) is 2.30. The number of amides is 2. The molecule has 8 heteroatoms. The van der Waals surface area contributed by atoms with Gasteiger partial charge in [0, 0.05) is 18.6 Å². The van der Waals surface area contributed by atoms with E-state index in [0.717, 1.165) is 0 Å². The standard InChI is InChI=1S/C17H13N5O3/c1-11-14(12(10-18)17(25-11)22-8-4-5-9-22)16(24)21-20-15(23)13-6-2-3-7-19-13/h2-9H,1H3,(H,20,23)(H,21,24). The molecule has 0 unspecified atom stereocenters. The molecule has 0 spiro atoms. The molecule has 8 nitrogen and oxygen atoms in total. The number of nitrogens with one attached hydrogen (secondary N) is 2. The second-order valence-corrected chi connectivity index (χ2v) is 5.04. The number of hydrogen-bond acceptors (Lipinski definition) is 5. The van der Waals surface area contributed by atoms with Crippen LogP contribution < -0.4 is 10.9 Å². The van der Waals surface area contributed by atoms with Gasteiger partial charge in [0.2, 0.25) is 5.88 Å². The Bertz CT molecular complexity index is 952. The molecule has 3 aromatic heterocycles. The maximum atomic E-state index is 12.4. The summed E-state index contributed by atoms with van der Waals surface area (Å²) in [5.41, 5.74) is 4.83. The molecule has 124 valence electrons. The minimum atomic E-state index is -0.652. The minimum absolute atomic E-state index is 0.0625. The van der Waals surface area contributed by atoms with Crippen molar-refractivity contribution in [3.8, 4) is 12.0 Å². The Kier molecular flexibility index (Phi) is 4.30. The highest BCUT2D eigenvalue weighted by Gasteiger charge is 2.24. The fraction of sp³-hybridized carbons (Fsp3) is 0.0588. The summed E-state index contributed by atoms with van der Waals surface area (Å²) in [6.45, 7) is 1.57. The number of rotatable bonds is 3. The van der Waals surface area contributed by atoms with Crippen molar-refractivity contribution in [2.24, 2.45) is 0 Å². The van der Waals surface area contributed by atoms with E-state index in [-0.39, 0.29) is 28.5 Å². The number of aryl methyl sites for hydroxylation is 1. The Hall–Kier alpha value is -3.86. The van der Waals surface area contributed by atoms with Crippen molar-refractivity contribution in [1.82, 2.24) is 20.4 Å². The van der Waals surface area contributed by atoms with E-state index >= 15 is 0 Å². The van der Waals surface area contributed by atoms with E-state index in [4.69, 9.17) is 4.42 Å². The number of carbonyl (C=O) groups excluding carboxylic acids is 2. The molecule has 0 saturated heterocycles. The molecule has 0 aliphatic rings. The Morgan fingerprint density at radius 1 is 1.16 bits per heavy atom. The molecule has 0 radical (unpaired) electrons. The Morgan fingerprint density at radius 2 is 1.88 bits per heavy atom. The summed E-state index contributed by atoms with van der Waals surface area (Å²) in [6, 6.07) is 10.3. The summed E-state index contributed by atoms with van der Waals surface area (Å²) in [7, 11) is 0. The third kappa shape index (κ3) is 3.11. The molecule has 3 rings (SSSR count). The van der Waals surface area contributed by atoms with Crippen LogP contribution in [0.25, 0.3) is 5.88 Å². The SMILES string of the molecule is Cc1oc(-n2cccc2)c(C#N)c1C(=O)NNC(=O)c1ccccn1. The highest BCUT2D eigenvalue weighted by molar-refractivity contribution is 6.01. The molecule has 0 aromatic carbocycles. The molecule has 3 aromatic rings. The van der Waals surface area contributed by atoms with Crippen molar-refractivity contribution in [2.75, 3.05) is 0 Å². The predicted molar refractivity (Wildman–Crippen MR) is 86.7 cm³/mol. The average Bonchev–Trinajstić information content (AvgIpc) is 3.27. The summed E-state index contributed by atoms with van der Waals surface area (Å²) in [4.78, 5) is 28.2. The third-order valence-electron chi connectivity index (χ3n) is 3.43. The molecule has 0 bridgehead atoms. The van der Waals surface area contributed by atoms with Crippen molar-refractivity contribution in [1.29, 1.82) is 5.26 Å².